The average Bonchev–Trinajstić information content (AvgIpc) is 3.43. The Morgan fingerprint density at radius 3 is 2.28 bits per heavy atom. The van der Waals surface area contributed by atoms with E-state index in [4.69, 9.17) is 0 Å². The quantitative estimate of drug-likeness (QED) is 0.250. The molecule has 0 bridgehead atoms. The number of nitrogens with one attached hydrogen (secondary N) is 2. The molecule has 1 saturated heterocycles. The predicted octanol–water partition coefficient (Wildman–Crippen LogP) is 4.38. The molecule has 2 heterocycles. The van der Waals surface area contributed by atoms with Gasteiger partial charge in [0.15, 0.2) is 11.0 Å². The first-order chi connectivity index (χ1) is 20.7. The smallest absolute Gasteiger partial charge is 0.251 e. The van der Waals surface area contributed by atoms with Crippen LogP contribution in [0, 0.1) is 11.6 Å². The highest BCUT2D eigenvalue weighted by molar-refractivity contribution is 7.99. The number of hydrogen-bond donors (Lipinski definition) is 2. The van der Waals surface area contributed by atoms with E-state index in [2.05, 4.69) is 20.8 Å². The van der Waals surface area contributed by atoms with Crippen molar-refractivity contribution in [2.45, 2.75) is 35.9 Å². The summed E-state index contributed by atoms with van der Waals surface area (Å²) >= 11 is 1.03. The predicted molar refractivity (Wildman–Crippen MR) is 157 cm³/mol. The molecule has 1 aliphatic rings. The third-order valence-electron chi connectivity index (χ3n) is 6.74. The van der Waals surface area contributed by atoms with Crippen molar-refractivity contribution in [3.63, 3.8) is 0 Å². The molecule has 43 heavy (non-hydrogen) atoms. The third kappa shape index (κ3) is 7.27. The second-order valence-corrected chi connectivity index (χ2v) is 12.6. The van der Waals surface area contributed by atoms with E-state index in [-0.39, 0.29) is 28.4 Å². The molecular formula is C29H28F2N6O4S2. The summed E-state index contributed by atoms with van der Waals surface area (Å²) in [5, 5.41) is 13.9. The monoisotopic (exact) mass is 626 g/mol. The molecule has 1 fully saturated rings. The maximum Gasteiger partial charge on any atom is 0.251 e. The van der Waals surface area contributed by atoms with Gasteiger partial charge >= 0.3 is 0 Å². The van der Waals surface area contributed by atoms with Crippen molar-refractivity contribution < 1.29 is 26.8 Å². The molecule has 1 aromatic heterocycles. The van der Waals surface area contributed by atoms with Crippen molar-refractivity contribution in [2.24, 2.45) is 0 Å². The number of aromatic nitrogens is 3. The molecule has 3 aromatic carbocycles. The van der Waals surface area contributed by atoms with Gasteiger partial charge in [0, 0.05) is 24.3 Å². The number of sulfonamides is 1. The fraction of sp³-hybridized carbons (Fsp3) is 0.241. The van der Waals surface area contributed by atoms with Gasteiger partial charge in [-0.2, -0.15) is 4.31 Å². The highest BCUT2D eigenvalue weighted by Gasteiger charge is 2.26. The van der Waals surface area contributed by atoms with Gasteiger partial charge in [0.05, 0.1) is 22.9 Å². The molecule has 0 spiro atoms. The highest BCUT2D eigenvalue weighted by atomic mass is 32.2. The van der Waals surface area contributed by atoms with Crippen LogP contribution in [-0.4, -0.2) is 58.1 Å². The second kappa shape index (κ2) is 13.4. The maximum absolute atomic E-state index is 13.9. The summed E-state index contributed by atoms with van der Waals surface area (Å²) in [5.74, 6) is -1.76. The lowest BCUT2D eigenvalue weighted by Gasteiger charge is -2.25. The van der Waals surface area contributed by atoms with Gasteiger partial charge in [-0.1, -0.05) is 30.3 Å². The summed E-state index contributed by atoms with van der Waals surface area (Å²) in [7, 11) is -3.62. The standard InChI is InChI=1S/C29H28F2N6O4S2/c30-21-10-12-22(13-11-21)37-26(34-35-29(37)42-19-27(38)33-25-7-3-2-6-24(25)31)18-32-28(39)20-8-14-23(15-9-20)43(40,41)36-16-4-1-5-17-36/h2-3,6-15H,1,4-5,16-19H2,(H,32,39)(H,33,38). The van der Waals surface area contributed by atoms with Crippen LogP contribution in [0.15, 0.2) is 82.8 Å². The number of carbonyl (C=O) groups excluding carboxylic acids is 2. The minimum Gasteiger partial charge on any atom is -0.345 e. The average molecular weight is 627 g/mol. The van der Waals surface area contributed by atoms with Crippen molar-refractivity contribution in [3.05, 3.63) is 95.8 Å². The molecule has 0 atom stereocenters. The first kappa shape index (κ1) is 30.3. The Morgan fingerprint density at radius 1 is 0.884 bits per heavy atom. The summed E-state index contributed by atoms with van der Waals surface area (Å²) in [6.45, 7) is 0.894. The molecule has 10 nitrogen and oxygen atoms in total. The Hall–Kier alpha value is -4.14. The van der Waals surface area contributed by atoms with Crippen molar-refractivity contribution >= 4 is 39.3 Å². The van der Waals surface area contributed by atoms with E-state index >= 15 is 0 Å². The van der Waals surface area contributed by atoms with Crippen LogP contribution in [0.25, 0.3) is 5.69 Å². The van der Waals surface area contributed by atoms with Crippen LogP contribution >= 0.6 is 11.8 Å². The van der Waals surface area contributed by atoms with Crippen LogP contribution in [-0.2, 0) is 21.4 Å². The lowest BCUT2D eigenvalue weighted by Crippen LogP contribution is -2.35. The number of nitrogens with zero attached hydrogens (tertiary/aromatic N) is 4. The summed E-state index contributed by atoms with van der Waals surface area (Å²) in [5.41, 5.74) is 0.804. The van der Waals surface area contributed by atoms with Gasteiger partial charge < -0.3 is 10.6 Å². The molecule has 1 aliphatic heterocycles. The molecule has 0 saturated carbocycles. The Kier molecular flexibility index (Phi) is 9.48. The Balaban J connectivity index is 1.28. The Morgan fingerprint density at radius 2 is 1.58 bits per heavy atom. The van der Waals surface area contributed by atoms with Crippen LogP contribution in [0.4, 0.5) is 14.5 Å². The number of anilines is 1. The number of rotatable bonds is 10. The first-order valence-corrected chi connectivity index (χ1v) is 15.9. The summed E-state index contributed by atoms with van der Waals surface area (Å²) < 4.78 is 56.4. The Bertz CT molecular complexity index is 1710. The number of para-hydroxylation sites is 1. The zero-order chi connectivity index (χ0) is 30.4. The fourth-order valence-electron chi connectivity index (χ4n) is 4.53. The molecule has 5 rings (SSSR count). The number of thioether (sulfide) groups is 1. The third-order valence-corrected chi connectivity index (χ3v) is 9.58. The van der Waals surface area contributed by atoms with E-state index in [0.717, 1.165) is 31.0 Å². The van der Waals surface area contributed by atoms with Gasteiger partial charge in [-0.05, 0) is 73.5 Å². The van der Waals surface area contributed by atoms with Crippen molar-refractivity contribution in [2.75, 3.05) is 24.2 Å². The second-order valence-electron chi connectivity index (χ2n) is 9.70. The van der Waals surface area contributed by atoms with Gasteiger partial charge in [0.1, 0.15) is 11.6 Å². The molecule has 2 amide bonds. The lowest BCUT2D eigenvalue weighted by molar-refractivity contribution is -0.113. The fourth-order valence-corrected chi connectivity index (χ4v) is 6.82. The van der Waals surface area contributed by atoms with Crippen LogP contribution in [0.5, 0.6) is 0 Å². The molecule has 0 unspecified atom stereocenters. The van der Waals surface area contributed by atoms with E-state index in [9.17, 15) is 26.8 Å². The summed E-state index contributed by atoms with van der Waals surface area (Å²) in [6.07, 6.45) is 2.65. The molecule has 0 radical (unpaired) electrons. The highest BCUT2D eigenvalue weighted by Crippen LogP contribution is 2.24. The summed E-state index contributed by atoms with van der Waals surface area (Å²) in [4.78, 5) is 25.5. The van der Waals surface area contributed by atoms with Crippen molar-refractivity contribution in [1.29, 1.82) is 0 Å². The number of carbonyl (C=O) groups is 2. The lowest BCUT2D eigenvalue weighted by atomic mass is 10.2. The van der Waals surface area contributed by atoms with Gasteiger partial charge in [0.2, 0.25) is 15.9 Å². The van der Waals surface area contributed by atoms with Crippen molar-refractivity contribution in [3.8, 4) is 5.69 Å². The van der Waals surface area contributed by atoms with Gasteiger partial charge in [-0.15, -0.1) is 10.2 Å². The maximum atomic E-state index is 13.9. The van der Waals surface area contributed by atoms with Gasteiger partial charge in [0.25, 0.3) is 5.91 Å². The van der Waals surface area contributed by atoms with E-state index in [1.165, 1.54) is 71.0 Å². The minimum absolute atomic E-state index is 0.0497. The SMILES string of the molecule is O=C(CSc1nnc(CNC(=O)c2ccc(S(=O)(=O)N3CCCCC3)cc2)n1-c1ccc(F)cc1)Nc1ccccc1F. The normalized spacial score (nSPS) is 13.9. The molecule has 224 valence electrons. The number of benzene rings is 3. The van der Waals surface area contributed by atoms with E-state index in [0.29, 0.717) is 29.8 Å². The van der Waals surface area contributed by atoms with Crippen LogP contribution in [0.1, 0.15) is 35.4 Å². The van der Waals surface area contributed by atoms with E-state index < -0.39 is 33.5 Å². The van der Waals surface area contributed by atoms with Crippen LogP contribution in [0.2, 0.25) is 0 Å². The van der Waals surface area contributed by atoms with Gasteiger partial charge in [-0.25, -0.2) is 17.2 Å². The molecule has 4 aromatic rings. The largest absolute Gasteiger partial charge is 0.345 e. The molecule has 14 heteroatoms. The zero-order valence-corrected chi connectivity index (χ0v) is 24.5. The number of piperidine rings is 1. The Labute approximate surface area is 251 Å². The topological polar surface area (TPSA) is 126 Å². The van der Waals surface area contributed by atoms with E-state index in [1.807, 2.05) is 0 Å². The van der Waals surface area contributed by atoms with Crippen LogP contribution in [0.3, 0.4) is 0 Å². The molecule has 2 N–H and O–H groups in total. The number of hydrogen-bond acceptors (Lipinski definition) is 7. The summed E-state index contributed by atoms with van der Waals surface area (Å²) in [6, 6.07) is 17.1. The minimum atomic E-state index is -3.62. The van der Waals surface area contributed by atoms with Crippen molar-refractivity contribution in [1.82, 2.24) is 24.4 Å². The number of halogens is 2. The molecular weight excluding hydrogens is 598 g/mol. The van der Waals surface area contributed by atoms with Crippen LogP contribution < -0.4 is 10.6 Å². The molecule has 0 aliphatic carbocycles. The van der Waals surface area contributed by atoms with E-state index in [1.54, 1.807) is 10.6 Å². The van der Waals surface area contributed by atoms with Gasteiger partial charge in [-0.3, -0.25) is 14.2 Å². The first-order valence-electron chi connectivity index (χ1n) is 13.5. The number of amides is 2. The zero-order valence-electron chi connectivity index (χ0n) is 22.9.